The van der Waals surface area contributed by atoms with E-state index in [0.717, 1.165) is 5.69 Å². The summed E-state index contributed by atoms with van der Waals surface area (Å²) in [6.07, 6.45) is 2.04. The molecule has 0 saturated heterocycles. The van der Waals surface area contributed by atoms with Gasteiger partial charge in [-0.15, -0.1) is 0 Å². The zero-order valence-electron chi connectivity index (χ0n) is 9.59. The van der Waals surface area contributed by atoms with E-state index < -0.39 is 0 Å². The van der Waals surface area contributed by atoms with Gasteiger partial charge in [-0.25, -0.2) is 0 Å². The van der Waals surface area contributed by atoms with Gasteiger partial charge in [0.15, 0.2) is 5.78 Å². The number of para-hydroxylation sites is 1. The Hall–Kier alpha value is -2.16. The van der Waals surface area contributed by atoms with Crippen molar-refractivity contribution in [2.45, 2.75) is 13.3 Å². The third-order valence-electron chi connectivity index (χ3n) is 2.59. The molecule has 2 rings (SSSR count). The number of benzene rings is 1. The first-order valence-electron chi connectivity index (χ1n) is 5.53. The summed E-state index contributed by atoms with van der Waals surface area (Å²) in [5.74, 6) is 0.0367. The summed E-state index contributed by atoms with van der Waals surface area (Å²) in [6, 6.07) is 12.3. The zero-order valence-corrected chi connectivity index (χ0v) is 9.59. The molecule has 1 heterocycles. The van der Waals surface area contributed by atoms with Gasteiger partial charge in [0, 0.05) is 29.9 Å². The second-order valence-electron chi connectivity index (χ2n) is 3.74. The first kappa shape index (κ1) is 11.3. The highest BCUT2D eigenvalue weighted by Crippen LogP contribution is 2.07. The second-order valence-corrected chi connectivity index (χ2v) is 3.74. The van der Waals surface area contributed by atoms with Gasteiger partial charge in [-0.1, -0.05) is 25.1 Å². The molecule has 3 nitrogen and oxygen atoms in total. The first-order valence-corrected chi connectivity index (χ1v) is 5.53. The highest BCUT2D eigenvalue weighted by molar-refractivity contribution is 5.95. The topological polar surface area (TPSA) is 39.1 Å². The number of Topliss-reactive ketones (excluding diaryl/α,β-unsaturated/α-hetero) is 1. The molecule has 1 aromatic carbocycles. The highest BCUT2D eigenvalue weighted by Gasteiger charge is 2.06. The molecule has 0 N–H and O–H groups in total. The van der Waals surface area contributed by atoms with Crippen LogP contribution >= 0.6 is 0 Å². The predicted octanol–water partition coefficient (Wildman–Crippen LogP) is 2.43. The molecule has 0 saturated carbocycles. The highest BCUT2D eigenvalue weighted by atomic mass is 16.1. The van der Waals surface area contributed by atoms with Crippen LogP contribution in [0.5, 0.6) is 0 Å². The van der Waals surface area contributed by atoms with E-state index in [1.54, 1.807) is 19.2 Å². The Morgan fingerprint density at radius 3 is 2.47 bits per heavy atom. The van der Waals surface area contributed by atoms with Crippen LogP contribution in [0.15, 0.2) is 53.5 Å². The van der Waals surface area contributed by atoms with Gasteiger partial charge < -0.3 is 0 Å². The van der Waals surface area contributed by atoms with Gasteiger partial charge in [-0.3, -0.25) is 14.2 Å². The smallest absolute Gasteiger partial charge is 0.255 e. The Labute approximate surface area is 99.3 Å². The summed E-state index contributed by atoms with van der Waals surface area (Å²) in [5, 5.41) is 0. The number of rotatable bonds is 3. The summed E-state index contributed by atoms with van der Waals surface area (Å²) in [6.45, 7) is 1.81. The number of aromatic nitrogens is 1. The van der Waals surface area contributed by atoms with Crippen LogP contribution in [0.2, 0.25) is 0 Å². The van der Waals surface area contributed by atoms with E-state index in [2.05, 4.69) is 0 Å². The lowest BCUT2D eigenvalue weighted by molar-refractivity contribution is 0.0987. The number of nitrogens with zero attached hydrogens (tertiary/aromatic N) is 1. The van der Waals surface area contributed by atoms with Crippen molar-refractivity contribution < 1.29 is 4.79 Å². The molecule has 3 heteroatoms. The molecule has 0 aliphatic carbocycles. The van der Waals surface area contributed by atoms with Crippen LogP contribution in [0, 0.1) is 0 Å². The van der Waals surface area contributed by atoms with Gasteiger partial charge in [0.2, 0.25) is 0 Å². The van der Waals surface area contributed by atoms with Gasteiger partial charge in [-0.05, 0) is 18.2 Å². The lowest BCUT2D eigenvalue weighted by Gasteiger charge is -2.06. The molecule has 1 aromatic heterocycles. The molecular weight excluding hydrogens is 214 g/mol. The van der Waals surface area contributed by atoms with Crippen LogP contribution in [0.3, 0.4) is 0 Å². The van der Waals surface area contributed by atoms with Crippen LogP contribution in [-0.2, 0) is 0 Å². The molecule has 0 radical (unpaired) electrons. The van der Waals surface area contributed by atoms with Crippen LogP contribution in [0.25, 0.3) is 5.69 Å². The molecule has 0 aliphatic rings. The van der Waals surface area contributed by atoms with E-state index in [4.69, 9.17) is 0 Å². The maximum atomic E-state index is 11.7. The van der Waals surface area contributed by atoms with Crippen LogP contribution in [-0.4, -0.2) is 10.4 Å². The van der Waals surface area contributed by atoms with Gasteiger partial charge in [0.05, 0.1) is 0 Å². The molecule has 17 heavy (non-hydrogen) atoms. The minimum Gasteiger partial charge on any atom is -0.294 e. The number of carbonyl (C=O) groups excluding carboxylic acids is 1. The van der Waals surface area contributed by atoms with Crippen molar-refractivity contribution in [3.05, 3.63) is 64.6 Å². The number of carbonyl (C=O) groups is 1. The Bertz CT molecular complexity index is 585. The van der Waals surface area contributed by atoms with Crippen molar-refractivity contribution in [2.75, 3.05) is 0 Å². The van der Waals surface area contributed by atoms with Gasteiger partial charge in [0.25, 0.3) is 5.56 Å². The second kappa shape index (κ2) is 4.78. The molecule has 2 aromatic rings. The van der Waals surface area contributed by atoms with Crippen molar-refractivity contribution in [1.29, 1.82) is 0 Å². The minimum atomic E-state index is -0.135. The lowest BCUT2D eigenvalue weighted by atomic mass is 10.1. The number of hydrogen-bond acceptors (Lipinski definition) is 2. The number of hydrogen-bond donors (Lipinski definition) is 0. The summed E-state index contributed by atoms with van der Waals surface area (Å²) in [5.41, 5.74) is 1.20. The standard InChI is InChI=1S/C14H13NO2/c1-2-13(16)11-8-9-14(17)15(10-11)12-6-4-3-5-7-12/h3-10H,2H2,1H3. The molecule has 0 amide bonds. The lowest BCUT2D eigenvalue weighted by Crippen LogP contribution is -2.18. The minimum absolute atomic E-state index is 0.0367. The average Bonchev–Trinajstić information content (AvgIpc) is 2.39. The van der Waals surface area contributed by atoms with Crippen molar-refractivity contribution in [1.82, 2.24) is 4.57 Å². The molecule has 0 unspecified atom stereocenters. The van der Waals surface area contributed by atoms with Crippen molar-refractivity contribution in [2.24, 2.45) is 0 Å². The van der Waals surface area contributed by atoms with Gasteiger partial charge in [0.1, 0.15) is 0 Å². The number of pyridine rings is 1. The molecule has 0 atom stereocenters. The third kappa shape index (κ3) is 2.33. The molecule has 0 aliphatic heterocycles. The molecule has 86 valence electrons. The molecule has 0 spiro atoms. The summed E-state index contributed by atoms with van der Waals surface area (Å²) < 4.78 is 1.49. The van der Waals surface area contributed by atoms with Crippen LogP contribution in [0.4, 0.5) is 0 Å². The summed E-state index contributed by atoms with van der Waals surface area (Å²) in [7, 11) is 0. The zero-order chi connectivity index (χ0) is 12.3. The Morgan fingerprint density at radius 1 is 1.12 bits per heavy atom. The fraction of sp³-hybridized carbons (Fsp3) is 0.143. The summed E-state index contributed by atoms with van der Waals surface area (Å²) in [4.78, 5) is 23.3. The van der Waals surface area contributed by atoms with E-state index >= 15 is 0 Å². The monoisotopic (exact) mass is 227 g/mol. The van der Waals surface area contributed by atoms with Crippen molar-refractivity contribution >= 4 is 5.78 Å². The van der Waals surface area contributed by atoms with Gasteiger partial charge in [-0.2, -0.15) is 0 Å². The largest absolute Gasteiger partial charge is 0.294 e. The van der Waals surface area contributed by atoms with E-state index in [1.807, 2.05) is 30.3 Å². The normalized spacial score (nSPS) is 10.2. The van der Waals surface area contributed by atoms with E-state index in [0.29, 0.717) is 12.0 Å². The van der Waals surface area contributed by atoms with Crippen LogP contribution < -0.4 is 5.56 Å². The Kier molecular flexibility index (Phi) is 3.19. The quantitative estimate of drug-likeness (QED) is 0.755. The fourth-order valence-corrected chi connectivity index (χ4v) is 1.65. The maximum Gasteiger partial charge on any atom is 0.255 e. The number of ketones is 1. The van der Waals surface area contributed by atoms with E-state index in [9.17, 15) is 9.59 Å². The van der Waals surface area contributed by atoms with Crippen molar-refractivity contribution in [3.8, 4) is 5.69 Å². The van der Waals surface area contributed by atoms with Crippen LogP contribution in [0.1, 0.15) is 23.7 Å². The molecular formula is C14H13NO2. The average molecular weight is 227 g/mol. The first-order chi connectivity index (χ1) is 8.22. The Morgan fingerprint density at radius 2 is 1.82 bits per heavy atom. The fourth-order valence-electron chi connectivity index (χ4n) is 1.65. The molecule has 0 bridgehead atoms. The van der Waals surface area contributed by atoms with E-state index in [-0.39, 0.29) is 11.3 Å². The third-order valence-corrected chi connectivity index (χ3v) is 2.59. The molecule has 0 fully saturated rings. The van der Waals surface area contributed by atoms with Gasteiger partial charge >= 0.3 is 0 Å². The predicted molar refractivity (Wildman–Crippen MR) is 66.7 cm³/mol. The van der Waals surface area contributed by atoms with E-state index in [1.165, 1.54) is 10.6 Å². The maximum absolute atomic E-state index is 11.7. The van der Waals surface area contributed by atoms with Crippen molar-refractivity contribution in [3.63, 3.8) is 0 Å². The summed E-state index contributed by atoms with van der Waals surface area (Å²) >= 11 is 0. The Balaban J connectivity index is 2.55. The SMILES string of the molecule is CCC(=O)c1ccc(=O)n(-c2ccccc2)c1.